The Bertz CT molecular complexity index is 1600. The summed E-state index contributed by atoms with van der Waals surface area (Å²) in [6.45, 7) is 8.75. The minimum absolute atomic E-state index is 0.0107. The zero-order valence-corrected chi connectivity index (χ0v) is 20.4. The van der Waals surface area contributed by atoms with Crippen molar-refractivity contribution in [2.24, 2.45) is 0 Å². The first kappa shape index (κ1) is 25.1. The highest BCUT2D eigenvalue weighted by Gasteiger charge is 2.32. The smallest absolute Gasteiger partial charge is 0.335 e. The Hall–Kier alpha value is -4.59. The Labute approximate surface area is 215 Å². The molecule has 2 aromatic carbocycles. The Kier molecular flexibility index (Phi) is 6.40. The molecule has 5 rings (SSSR count). The van der Waals surface area contributed by atoms with Gasteiger partial charge in [-0.3, -0.25) is 4.57 Å². The fraction of sp³-hybridized carbons (Fsp3) is 0.259. The van der Waals surface area contributed by atoms with Gasteiger partial charge in [-0.05, 0) is 56.2 Å². The van der Waals surface area contributed by atoms with Gasteiger partial charge in [0.25, 0.3) is 0 Å². The highest BCUT2D eigenvalue weighted by atomic mass is 19.4. The second-order valence-electron chi connectivity index (χ2n) is 9.12. The fourth-order valence-corrected chi connectivity index (χ4v) is 4.89. The minimum atomic E-state index is -4.60. The van der Waals surface area contributed by atoms with Crippen LogP contribution in [0, 0.1) is 13.5 Å². The molecule has 2 aromatic heterocycles. The first-order valence-electron chi connectivity index (χ1n) is 12.0. The zero-order valence-electron chi connectivity index (χ0n) is 20.4. The summed E-state index contributed by atoms with van der Waals surface area (Å²) in [6, 6.07) is 11.9. The lowest BCUT2D eigenvalue weighted by molar-refractivity contribution is -0.137. The van der Waals surface area contributed by atoms with Crippen molar-refractivity contribution < 1.29 is 18.0 Å². The van der Waals surface area contributed by atoms with Crippen LogP contribution in [0.4, 0.5) is 23.7 Å². The van der Waals surface area contributed by atoms with E-state index >= 15 is 0 Å². The van der Waals surface area contributed by atoms with Gasteiger partial charge in [-0.15, -0.1) is 0 Å². The molecule has 1 N–H and O–H groups in total. The summed E-state index contributed by atoms with van der Waals surface area (Å²) in [4.78, 5) is 30.6. The molecule has 1 aliphatic carbocycles. The summed E-state index contributed by atoms with van der Waals surface area (Å²) in [7, 11) is 0. The van der Waals surface area contributed by atoms with E-state index in [1.165, 1.54) is 23.0 Å². The quantitative estimate of drug-likeness (QED) is 0.342. The number of imidazole rings is 1. The van der Waals surface area contributed by atoms with E-state index in [0.29, 0.717) is 17.1 Å². The largest absolute Gasteiger partial charge is 0.416 e. The molecule has 0 unspecified atom stereocenters. The molecular formula is C27H23F3N6O2. The number of aromatic nitrogens is 4. The molecule has 0 bridgehead atoms. The average Bonchev–Trinajstić information content (AvgIpc) is 3.63. The highest BCUT2D eigenvalue weighted by Crippen LogP contribution is 2.32. The van der Waals surface area contributed by atoms with Gasteiger partial charge in [0.1, 0.15) is 5.69 Å². The molecule has 8 nitrogen and oxygen atoms in total. The third-order valence-electron chi connectivity index (χ3n) is 6.71. The monoisotopic (exact) mass is 520 g/mol. The number of alkyl halides is 3. The number of halogens is 3. The van der Waals surface area contributed by atoms with E-state index in [2.05, 4.69) is 15.3 Å². The Morgan fingerprint density at radius 2 is 1.79 bits per heavy atom. The molecule has 0 radical (unpaired) electrons. The maximum Gasteiger partial charge on any atom is 0.416 e. The van der Waals surface area contributed by atoms with Crippen LogP contribution in [0.5, 0.6) is 0 Å². The number of nitrogens with zero attached hydrogens (tertiary/aromatic N) is 5. The van der Waals surface area contributed by atoms with E-state index in [9.17, 15) is 22.8 Å². The average molecular weight is 521 g/mol. The van der Waals surface area contributed by atoms with Crippen molar-refractivity contribution >= 4 is 11.7 Å². The van der Waals surface area contributed by atoms with Crippen LogP contribution < -0.4 is 11.0 Å². The highest BCUT2D eigenvalue weighted by molar-refractivity contribution is 5.83. The standard InChI is InChI=1S/C27H23F3N6O2/c1-17-24(23-14-15-32-36(23)21-12-10-19(31-2)11-13-21)35(25(37)33-20-7-3-4-8-20)26(38)34(17)22-9-5-6-18(16-22)27(28,29)30/h5-6,9-16,20H,3-4,7-8H2,1H3,(H,33,37). The lowest BCUT2D eigenvalue weighted by atomic mass is 10.2. The number of amides is 1. The van der Waals surface area contributed by atoms with Gasteiger partial charge in [-0.2, -0.15) is 18.3 Å². The van der Waals surface area contributed by atoms with Crippen LogP contribution in [0.15, 0.2) is 65.6 Å². The normalized spacial score (nSPS) is 14.0. The molecule has 11 heteroatoms. The summed E-state index contributed by atoms with van der Waals surface area (Å²) in [6.07, 6.45) is 0.398. The number of benzene rings is 2. The van der Waals surface area contributed by atoms with Crippen LogP contribution in [-0.4, -0.2) is 31.0 Å². The summed E-state index contributed by atoms with van der Waals surface area (Å²) in [5.41, 5.74) is 0.177. The van der Waals surface area contributed by atoms with Crippen molar-refractivity contribution in [1.82, 2.24) is 24.2 Å². The van der Waals surface area contributed by atoms with Crippen LogP contribution in [0.1, 0.15) is 36.9 Å². The summed E-state index contributed by atoms with van der Waals surface area (Å²) >= 11 is 0. The third-order valence-corrected chi connectivity index (χ3v) is 6.71. The minimum Gasteiger partial charge on any atom is -0.335 e. The van der Waals surface area contributed by atoms with Gasteiger partial charge >= 0.3 is 17.9 Å². The summed E-state index contributed by atoms with van der Waals surface area (Å²) in [5.74, 6) is 0. The Morgan fingerprint density at radius 3 is 2.45 bits per heavy atom. The first-order valence-corrected chi connectivity index (χ1v) is 12.0. The van der Waals surface area contributed by atoms with Gasteiger partial charge in [-0.25, -0.2) is 23.7 Å². The van der Waals surface area contributed by atoms with Crippen molar-refractivity contribution in [3.63, 3.8) is 0 Å². The SMILES string of the molecule is [C-]#[N+]c1ccc(-n2nccc2-c2c(C)n(-c3cccc(C(F)(F)F)c3)c(=O)n2C(=O)NC2CCCC2)cc1. The predicted octanol–water partition coefficient (Wildman–Crippen LogP) is 5.87. The van der Waals surface area contributed by atoms with Crippen molar-refractivity contribution in [3.8, 4) is 22.8 Å². The number of hydrogen-bond acceptors (Lipinski definition) is 3. The number of hydrogen-bond donors (Lipinski definition) is 1. The van der Waals surface area contributed by atoms with Crippen LogP contribution in [0.2, 0.25) is 0 Å². The number of nitrogens with one attached hydrogen (secondary N) is 1. The zero-order chi connectivity index (χ0) is 27.0. The summed E-state index contributed by atoms with van der Waals surface area (Å²) in [5, 5.41) is 7.26. The van der Waals surface area contributed by atoms with Gasteiger partial charge in [0.2, 0.25) is 0 Å². The van der Waals surface area contributed by atoms with E-state index in [0.717, 1.165) is 47.0 Å². The molecule has 1 fully saturated rings. The molecule has 0 saturated heterocycles. The van der Waals surface area contributed by atoms with Crippen molar-refractivity contribution in [3.05, 3.63) is 94.0 Å². The molecule has 2 heterocycles. The number of carbonyl (C=O) groups is 1. The molecule has 0 atom stereocenters. The van der Waals surface area contributed by atoms with Gasteiger partial charge < -0.3 is 5.32 Å². The molecule has 1 amide bonds. The lowest BCUT2D eigenvalue weighted by Crippen LogP contribution is -2.41. The van der Waals surface area contributed by atoms with E-state index in [1.807, 2.05) is 0 Å². The lowest BCUT2D eigenvalue weighted by Gasteiger charge is -2.14. The first-order chi connectivity index (χ1) is 18.2. The summed E-state index contributed by atoms with van der Waals surface area (Å²) < 4.78 is 44.0. The predicted molar refractivity (Wildman–Crippen MR) is 135 cm³/mol. The topological polar surface area (TPSA) is 78.2 Å². The maximum absolute atomic E-state index is 13.7. The van der Waals surface area contributed by atoms with E-state index in [-0.39, 0.29) is 23.1 Å². The van der Waals surface area contributed by atoms with Crippen molar-refractivity contribution in [2.75, 3.05) is 0 Å². The molecule has 1 aliphatic rings. The van der Waals surface area contributed by atoms with Crippen LogP contribution in [-0.2, 0) is 6.18 Å². The third kappa shape index (κ3) is 4.49. The van der Waals surface area contributed by atoms with Crippen molar-refractivity contribution in [1.29, 1.82) is 0 Å². The van der Waals surface area contributed by atoms with Crippen LogP contribution in [0.3, 0.4) is 0 Å². The molecule has 0 aliphatic heterocycles. The molecule has 194 valence electrons. The Balaban J connectivity index is 1.71. The van der Waals surface area contributed by atoms with Gasteiger partial charge in [0.15, 0.2) is 5.69 Å². The van der Waals surface area contributed by atoms with Gasteiger partial charge in [0.05, 0.1) is 41.1 Å². The van der Waals surface area contributed by atoms with E-state index in [1.54, 1.807) is 37.3 Å². The maximum atomic E-state index is 13.7. The second kappa shape index (κ2) is 9.70. The van der Waals surface area contributed by atoms with E-state index < -0.39 is 23.5 Å². The number of rotatable bonds is 4. The molecule has 1 saturated carbocycles. The van der Waals surface area contributed by atoms with Crippen molar-refractivity contribution in [2.45, 2.75) is 44.8 Å². The van der Waals surface area contributed by atoms with Crippen LogP contribution in [0.25, 0.3) is 27.6 Å². The number of carbonyl (C=O) groups excluding carboxylic acids is 1. The van der Waals surface area contributed by atoms with Gasteiger partial charge in [-0.1, -0.05) is 31.0 Å². The molecular weight excluding hydrogens is 497 g/mol. The fourth-order valence-electron chi connectivity index (χ4n) is 4.89. The van der Waals surface area contributed by atoms with Crippen LogP contribution >= 0.6 is 0 Å². The molecule has 0 spiro atoms. The second-order valence-corrected chi connectivity index (χ2v) is 9.12. The molecule has 38 heavy (non-hydrogen) atoms. The Morgan fingerprint density at radius 1 is 1.08 bits per heavy atom. The van der Waals surface area contributed by atoms with E-state index in [4.69, 9.17) is 6.57 Å². The van der Waals surface area contributed by atoms with Gasteiger partial charge in [0, 0.05) is 6.04 Å². The molecule has 4 aromatic rings.